The van der Waals surface area contributed by atoms with E-state index in [0.29, 0.717) is 6.42 Å². The minimum absolute atomic E-state index is 0.0921. The van der Waals surface area contributed by atoms with Crippen LogP contribution < -0.4 is 20.6 Å². The molecule has 2 aromatic carbocycles. The van der Waals surface area contributed by atoms with Crippen molar-refractivity contribution in [2.45, 2.75) is 18.6 Å². The highest BCUT2D eigenvalue weighted by molar-refractivity contribution is 6.08. The maximum Gasteiger partial charge on any atom is 0.422 e. The Morgan fingerprint density at radius 3 is 2.62 bits per heavy atom. The van der Waals surface area contributed by atoms with Gasteiger partial charge in [-0.05, 0) is 24.3 Å². The van der Waals surface area contributed by atoms with E-state index in [4.69, 9.17) is 15.3 Å². The van der Waals surface area contributed by atoms with E-state index in [1.54, 1.807) is 11.2 Å². The monoisotopic (exact) mass is 544 g/mol. The highest BCUT2D eigenvalue weighted by Gasteiger charge is 2.31. The first-order valence-electron chi connectivity index (χ1n) is 11.5. The first-order valence-corrected chi connectivity index (χ1v) is 11.5. The highest BCUT2D eigenvalue weighted by atomic mass is 19.4. The summed E-state index contributed by atoms with van der Waals surface area (Å²) < 4.78 is 63.6. The number of hydrazine groups is 1. The molecule has 0 radical (unpaired) electrons. The molecular formula is C26H24F4N6O3. The van der Waals surface area contributed by atoms with Crippen molar-refractivity contribution in [3.63, 3.8) is 0 Å². The first kappa shape index (κ1) is 27.4. The van der Waals surface area contributed by atoms with Crippen molar-refractivity contribution >= 4 is 23.4 Å². The van der Waals surface area contributed by atoms with E-state index in [9.17, 15) is 18.0 Å². The quantitative estimate of drug-likeness (QED) is 0.132. The van der Waals surface area contributed by atoms with E-state index in [1.807, 2.05) is 30.3 Å². The fraction of sp³-hybridized carbons (Fsp3) is 0.192. The van der Waals surface area contributed by atoms with Crippen molar-refractivity contribution in [2.24, 2.45) is 10.9 Å². The minimum Gasteiger partial charge on any atom is -0.491 e. The normalized spacial score (nSPS) is 15.4. The Kier molecular flexibility index (Phi) is 8.00. The van der Waals surface area contributed by atoms with Crippen LogP contribution in [-0.4, -0.2) is 47.7 Å². The molecule has 0 spiro atoms. The Labute approximate surface area is 221 Å². The summed E-state index contributed by atoms with van der Waals surface area (Å²) in [7, 11) is 1.27. The predicted octanol–water partition coefficient (Wildman–Crippen LogP) is 4.51. The molecule has 13 heteroatoms. The number of alkyl halides is 3. The minimum atomic E-state index is -4.55. The number of nitrogens with zero attached hydrogens (tertiary/aromatic N) is 5. The lowest BCUT2D eigenvalue weighted by Crippen LogP contribution is -2.33. The second-order valence-corrected chi connectivity index (χ2v) is 8.31. The average Bonchev–Trinajstić information content (AvgIpc) is 3.59. The molecule has 0 amide bonds. The molecule has 2 heterocycles. The number of carbonyl (C=O) groups excluding carboxylic acids is 1. The molecule has 0 saturated heterocycles. The summed E-state index contributed by atoms with van der Waals surface area (Å²) in [5, 5.41) is 10.7. The summed E-state index contributed by atoms with van der Waals surface area (Å²) in [4.78, 5) is 13.2. The first-order chi connectivity index (χ1) is 18.6. The van der Waals surface area contributed by atoms with Gasteiger partial charge in [0.25, 0.3) is 0 Å². The number of carbonyl (C=O) groups is 1. The Morgan fingerprint density at radius 2 is 1.95 bits per heavy atom. The van der Waals surface area contributed by atoms with Crippen LogP contribution in [0.5, 0.6) is 5.88 Å². The van der Waals surface area contributed by atoms with E-state index in [1.165, 1.54) is 31.5 Å². The van der Waals surface area contributed by atoms with Gasteiger partial charge in [0.1, 0.15) is 5.82 Å². The molecule has 3 aromatic rings. The van der Waals surface area contributed by atoms with Crippen molar-refractivity contribution in [2.75, 3.05) is 23.7 Å². The van der Waals surface area contributed by atoms with Crippen molar-refractivity contribution in [1.82, 2.24) is 9.78 Å². The largest absolute Gasteiger partial charge is 0.491 e. The molecule has 39 heavy (non-hydrogen) atoms. The van der Waals surface area contributed by atoms with Crippen LogP contribution in [0.2, 0.25) is 0 Å². The predicted molar refractivity (Wildman–Crippen MR) is 137 cm³/mol. The second kappa shape index (κ2) is 11.4. The number of halogens is 4. The van der Waals surface area contributed by atoms with Gasteiger partial charge in [0.15, 0.2) is 12.4 Å². The lowest BCUT2D eigenvalue weighted by atomic mass is 10.0. The van der Waals surface area contributed by atoms with E-state index < -0.39 is 30.4 Å². The number of hydrazone groups is 1. The molecule has 0 saturated carbocycles. The molecule has 1 aliphatic heterocycles. The number of aromatic nitrogens is 2. The summed E-state index contributed by atoms with van der Waals surface area (Å²) in [5.74, 6) is 4.21. The standard InChI is InChI=1S/C26H24F4N6O3/c1-17(21-10-12-32-35(21)18-6-4-3-5-7-18)25(37)23(38-2)15-34(31)22-9-8-19(14-20(22)27)36-24(11-13-33-36)39-16-26(28,29)30/h3-9,11-15,21H,1,10,16,31H2,2H3/b23-15+. The molecular weight excluding hydrogens is 520 g/mol. The summed E-state index contributed by atoms with van der Waals surface area (Å²) in [6.07, 6.45) is -0.102. The van der Waals surface area contributed by atoms with Crippen LogP contribution in [0, 0.1) is 5.82 Å². The number of benzene rings is 2. The zero-order valence-corrected chi connectivity index (χ0v) is 20.7. The van der Waals surface area contributed by atoms with Gasteiger partial charge < -0.3 is 9.47 Å². The average molecular weight is 545 g/mol. The van der Waals surface area contributed by atoms with Gasteiger partial charge in [0.2, 0.25) is 11.7 Å². The summed E-state index contributed by atoms with van der Waals surface area (Å²) in [6, 6.07) is 13.7. The smallest absolute Gasteiger partial charge is 0.422 e. The van der Waals surface area contributed by atoms with Gasteiger partial charge in [-0.25, -0.2) is 14.9 Å². The van der Waals surface area contributed by atoms with Gasteiger partial charge in [0.05, 0.1) is 42.6 Å². The van der Waals surface area contributed by atoms with Crippen LogP contribution in [0.25, 0.3) is 5.69 Å². The molecule has 4 rings (SSSR count). The van der Waals surface area contributed by atoms with Crippen LogP contribution in [0.15, 0.2) is 90.0 Å². The SMILES string of the molecule is C=C(C(=O)/C(=C\N(N)c1ccc(-n2nccc2OCC(F)(F)F)cc1F)OC)C1CC=NN1c1ccccc1. The van der Waals surface area contributed by atoms with E-state index in [-0.39, 0.29) is 28.6 Å². The Balaban J connectivity index is 1.51. The van der Waals surface area contributed by atoms with Crippen LogP contribution in [0.3, 0.4) is 0 Å². The van der Waals surface area contributed by atoms with Crippen LogP contribution in [0.4, 0.5) is 28.9 Å². The maximum atomic E-state index is 15.0. The molecule has 2 N–H and O–H groups in total. The second-order valence-electron chi connectivity index (χ2n) is 8.31. The number of Topliss-reactive ketones (excluding diaryl/α,β-unsaturated/α-hetero) is 1. The maximum absolute atomic E-state index is 15.0. The fourth-order valence-corrected chi connectivity index (χ4v) is 3.83. The number of methoxy groups -OCH3 is 1. The molecule has 0 aliphatic carbocycles. The third-order valence-electron chi connectivity index (χ3n) is 5.69. The number of allylic oxidation sites excluding steroid dienone is 1. The number of para-hydroxylation sites is 1. The van der Waals surface area contributed by atoms with E-state index in [0.717, 1.165) is 27.6 Å². The van der Waals surface area contributed by atoms with Gasteiger partial charge in [-0.15, -0.1) is 0 Å². The number of rotatable bonds is 10. The summed E-state index contributed by atoms with van der Waals surface area (Å²) in [6.45, 7) is 2.41. The fourth-order valence-electron chi connectivity index (χ4n) is 3.83. The summed E-state index contributed by atoms with van der Waals surface area (Å²) >= 11 is 0. The van der Waals surface area contributed by atoms with Crippen LogP contribution in [0.1, 0.15) is 6.42 Å². The third kappa shape index (κ3) is 6.26. The van der Waals surface area contributed by atoms with Gasteiger partial charge in [0, 0.05) is 30.3 Å². The van der Waals surface area contributed by atoms with Crippen molar-refractivity contribution in [3.05, 3.63) is 90.7 Å². The Hall–Kier alpha value is -4.65. The number of ether oxygens (including phenoxy) is 2. The molecule has 9 nitrogen and oxygen atoms in total. The number of nitrogens with two attached hydrogens (primary N) is 1. The van der Waals surface area contributed by atoms with Crippen molar-refractivity contribution < 1.29 is 31.8 Å². The van der Waals surface area contributed by atoms with Gasteiger partial charge >= 0.3 is 6.18 Å². The zero-order chi connectivity index (χ0) is 28.2. The molecule has 1 aliphatic rings. The van der Waals surface area contributed by atoms with E-state index in [2.05, 4.69) is 16.8 Å². The van der Waals surface area contributed by atoms with Crippen molar-refractivity contribution in [1.29, 1.82) is 0 Å². The third-order valence-corrected chi connectivity index (χ3v) is 5.69. The molecule has 1 aromatic heterocycles. The highest BCUT2D eigenvalue weighted by Crippen LogP contribution is 2.29. The lowest BCUT2D eigenvalue weighted by Gasteiger charge is -2.25. The van der Waals surface area contributed by atoms with Crippen LogP contribution >= 0.6 is 0 Å². The van der Waals surface area contributed by atoms with Gasteiger partial charge in [-0.3, -0.25) is 14.8 Å². The van der Waals surface area contributed by atoms with E-state index >= 15 is 4.39 Å². The Bertz CT molecular complexity index is 1400. The number of anilines is 2. The van der Waals surface area contributed by atoms with Gasteiger partial charge in [-0.1, -0.05) is 24.8 Å². The summed E-state index contributed by atoms with van der Waals surface area (Å²) in [5.41, 5.74) is 0.917. The van der Waals surface area contributed by atoms with Crippen molar-refractivity contribution in [3.8, 4) is 11.6 Å². The number of hydrogen-bond donors (Lipinski definition) is 1. The number of ketones is 1. The molecule has 0 fully saturated rings. The zero-order valence-electron chi connectivity index (χ0n) is 20.7. The molecule has 0 bridgehead atoms. The molecule has 1 atom stereocenters. The topological polar surface area (TPSA) is 98.2 Å². The Morgan fingerprint density at radius 1 is 1.21 bits per heavy atom. The van der Waals surface area contributed by atoms with Gasteiger partial charge in [-0.2, -0.15) is 23.4 Å². The number of hydrogen-bond acceptors (Lipinski definition) is 8. The molecule has 204 valence electrons. The van der Waals surface area contributed by atoms with Crippen LogP contribution in [-0.2, 0) is 9.53 Å². The lowest BCUT2D eigenvalue weighted by molar-refractivity contribution is -0.154. The molecule has 1 unspecified atom stereocenters.